The number of thioether (sulfide) groups is 1. The van der Waals surface area contributed by atoms with Crippen molar-refractivity contribution >= 4 is 23.6 Å². The number of aromatic nitrogens is 3. The van der Waals surface area contributed by atoms with Gasteiger partial charge in [0, 0.05) is 31.0 Å². The van der Waals surface area contributed by atoms with E-state index in [0.29, 0.717) is 17.2 Å². The van der Waals surface area contributed by atoms with Crippen LogP contribution in [0.5, 0.6) is 0 Å². The van der Waals surface area contributed by atoms with Crippen molar-refractivity contribution in [3.63, 3.8) is 0 Å². The highest BCUT2D eigenvalue weighted by Gasteiger charge is 2.21. The molecule has 2 aromatic rings. The van der Waals surface area contributed by atoms with E-state index in [1.807, 2.05) is 18.2 Å². The summed E-state index contributed by atoms with van der Waals surface area (Å²) < 4.78 is 7.64. The van der Waals surface area contributed by atoms with E-state index >= 15 is 0 Å². The minimum Gasteiger partial charge on any atom is -0.378 e. The molecule has 3 rings (SSSR count). The number of primary amides is 1. The standard InChI is InChI=1S/C18H25N5O2S/c1-13(2)11-23-17(22-6-8-25-9-7-22)20-21-18(23)26-12-14-4-3-5-15(10-14)16(19)24/h3-5,10,13H,6-9,11-12H2,1-2H3,(H2,19,24). The molecule has 8 heteroatoms. The van der Waals surface area contributed by atoms with E-state index < -0.39 is 5.91 Å². The van der Waals surface area contributed by atoms with Crippen molar-refractivity contribution in [3.05, 3.63) is 35.4 Å². The van der Waals surface area contributed by atoms with Gasteiger partial charge < -0.3 is 15.4 Å². The fourth-order valence-corrected chi connectivity index (χ4v) is 3.76. The molecule has 1 aliphatic heterocycles. The Kier molecular flexibility index (Phi) is 6.16. The van der Waals surface area contributed by atoms with Gasteiger partial charge >= 0.3 is 0 Å². The predicted octanol–water partition coefficient (Wildman–Crippen LogP) is 2.16. The van der Waals surface area contributed by atoms with Crippen LogP contribution in [0.1, 0.15) is 29.8 Å². The van der Waals surface area contributed by atoms with Gasteiger partial charge in [-0.25, -0.2) is 0 Å². The van der Waals surface area contributed by atoms with Crippen LogP contribution in [0.15, 0.2) is 29.4 Å². The van der Waals surface area contributed by atoms with Gasteiger partial charge in [0.1, 0.15) is 0 Å². The molecule has 1 aromatic heterocycles. The number of anilines is 1. The molecule has 7 nitrogen and oxygen atoms in total. The van der Waals surface area contributed by atoms with Crippen LogP contribution >= 0.6 is 11.8 Å². The van der Waals surface area contributed by atoms with Crippen LogP contribution in [0, 0.1) is 5.92 Å². The monoisotopic (exact) mass is 375 g/mol. The number of rotatable bonds is 7. The van der Waals surface area contributed by atoms with E-state index in [-0.39, 0.29) is 0 Å². The second-order valence-corrected chi connectivity index (χ2v) is 7.68. The zero-order valence-corrected chi connectivity index (χ0v) is 16.0. The number of benzene rings is 1. The summed E-state index contributed by atoms with van der Waals surface area (Å²) in [6.45, 7) is 8.35. The molecular formula is C18H25N5O2S. The number of carbonyl (C=O) groups is 1. The topological polar surface area (TPSA) is 86.3 Å². The normalized spacial score (nSPS) is 14.8. The molecule has 1 amide bonds. The second-order valence-electron chi connectivity index (χ2n) is 6.74. The third kappa shape index (κ3) is 4.56. The van der Waals surface area contributed by atoms with Crippen LogP contribution in [0.3, 0.4) is 0 Å². The third-order valence-corrected chi connectivity index (χ3v) is 5.16. The molecule has 2 N–H and O–H groups in total. The summed E-state index contributed by atoms with van der Waals surface area (Å²) in [5.41, 5.74) is 6.94. The summed E-state index contributed by atoms with van der Waals surface area (Å²) >= 11 is 1.63. The van der Waals surface area contributed by atoms with Crippen molar-refractivity contribution in [3.8, 4) is 0 Å². The molecule has 0 unspecified atom stereocenters. The first-order valence-corrected chi connectivity index (χ1v) is 9.80. The lowest BCUT2D eigenvalue weighted by molar-refractivity contribution is 0.1000. The van der Waals surface area contributed by atoms with E-state index in [1.165, 1.54) is 0 Å². The van der Waals surface area contributed by atoms with E-state index in [1.54, 1.807) is 17.8 Å². The van der Waals surface area contributed by atoms with Gasteiger partial charge in [-0.1, -0.05) is 37.7 Å². The highest BCUT2D eigenvalue weighted by atomic mass is 32.2. The van der Waals surface area contributed by atoms with Crippen molar-refractivity contribution < 1.29 is 9.53 Å². The van der Waals surface area contributed by atoms with Crippen LogP contribution in [0.25, 0.3) is 0 Å². The lowest BCUT2D eigenvalue weighted by Gasteiger charge is -2.28. The zero-order valence-electron chi connectivity index (χ0n) is 15.2. The van der Waals surface area contributed by atoms with Crippen molar-refractivity contribution in [1.82, 2.24) is 14.8 Å². The Morgan fingerprint density at radius 3 is 2.77 bits per heavy atom. The minimum atomic E-state index is -0.408. The summed E-state index contributed by atoms with van der Waals surface area (Å²) in [4.78, 5) is 13.6. The molecule has 0 aliphatic carbocycles. The molecule has 2 heterocycles. The summed E-state index contributed by atoms with van der Waals surface area (Å²) in [7, 11) is 0. The maximum atomic E-state index is 11.4. The van der Waals surface area contributed by atoms with Gasteiger partial charge in [0.25, 0.3) is 0 Å². The highest BCUT2D eigenvalue weighted by molar-refractivity contribution is 7.98. The molecule has 1 aliphatic rings. The van der Waals surface area contributed by atoms with Gasteiger partial charge in [-0.15, -0.1) is 10.2 Å². The minimum absolute atomic E-state index is 0.408. The number of hydrogen-bond donors (Lipinski definition) is 1. The van der Waals surface area contributed by atoms with Crippen molar-refractivity contribution in [2.24, 2.45) is 11.7 Å². The smallest absolute Gasteiger partial charge is 0.248 e. The first-order valence-electron chi connectivity index (χ1n) is 8.82. The second kappa shape index (κ2) is 8.55. The van der Waals surface area contributed by atoms with Gasteiger partial charge in [0.2, 0.25) is 11.9 Å². The first-order chi connectivity index (χ1) is 12.5. The van der Waals surface area contributed by atoms with E-state index in [9.17, 15) is 4.79 Å². The lowest BCUT2D eigenvalue weighted by Crippen LogP contribution is -2.38. The Morgan fingerprint density at radius 2 is 2.08 bits per heavy atom. The van der Waals surface area contributed by atoms with Crippen molar-refractivity contribution in [2.75, 3.05) is 31.2 Å². The van der Waals surface area contributed by atoms with Crippen LogP contribution in [-0.4, -0.2) is 47.0 Å². The molecule has 0 saturated carbocycles. The number of nitrogens with two attached hydrogens (primary N) is 1. The zero-order chi connectivity index (χ0) is 18.5. The predicted molar refractivity (Wildman–Crippen MR) is 102 cm³/mol. The van der Waals surface area contributed by atoms with Gasteiger partial charge in [-0.2, -0.15) is 0 Å². The molecular weight excluding hydrogens is 350 g/mol. The Hall–Kier alpha value is -2.06. The summed E-state index contributed by atoms with van der Waals surface area (Å²) in [6.07, 6.45) is 0. The SMILES string of the molecule is CC(C)Cn1c(SCc2cccc(C(N)=O)c2)nnc1N1CCOCC1. The molecule has 0 radical (unpaired) electrons. The Morgan fingerprint density at radius 1 is 1.31 bits per heavy atom. The third-order valence-electron chi connectivity index (χ3n) is 4.12. The number of amides is 1. The average Bonchev–Trinajstić information content (AvgIpc) is 3.03. The van der Waals surface area contributed by atoms with Gasteiger partial charge in [0.15, 0.2) is 5.16 Å². The van der Waals surface area contributed by atoms with Gasteiger partial charge in [-0.3, -0.25) is 9.36 Å². The van der Waals surface area contributed by atoms with Gasteiger partial charge in [0.05, 0.1) is 13.2 Å². The molecule has 0 spiro atoms. The number of ether oxygens (including phenoxy) is 1. The highest BCUT2D eigenvalue weighted by Crippen LogP contribution is 2.27. The first kappa shape index (κ1) is 18.7. The lowest BCUT2D eigenvalue weighted by atomic mass is 10.1. The fourth-order valence-electron chi connectivity index (χ4n) is 2.87. The van der Waals surface area contributed by atoms with Crippen LogP contribution in [0.2, 0.25) is 0 Å². The van der Waals surface area contributed by atoms with Crippen LogP contribution in [-0.2, 0) is 17.0 Å². The molecule has 0 bridgehead atoms. The quantitative estimate of drug-likeness (QED) is 0.747. The van der Waals surface area contributed by atoms with E-state index in [4.69, 9.17) is 10.5 Å². The Balaban J connectivity index is 1.77. The maximum Gasteiger partial charge on any atom is 0.248 e. The Bertz CT molecular complexity index is 756. The number of hydrogen-bond acceptors (Lipinski definition) is 6. The molecule has 1 fully saturated rings. The maximum absolute atomic E-state index is 11.4. The molecule has 0 atom stereocenters. The molecule has 1 aromatic carbocycles. The average molecular weight is 375 g/mol. The summed E-state index contributed by atoms with van der Waals surface area (Å²) in [6, 6.07) is 7.41. The fraction of sp³-hybridized carbons (Fsp3) is 0.500. The molecule has 1 saturated heterocycles. The number of morpholine rings is 1. The van der Waals surface area contributed by atoms with Crippen molar-refractivity contribution in [2.45, 2.75) is 31.3 Å². The number of nitrogens with zero attached hydrogens (tertiary/aromatic N) is 4. The van der Waals surface area contributed by atoms with E-state index in [2.05, 4.69) is 33.5 Å². The van der Waals surface area contributed by atoms with Crippen LogP contribution in [0.4, 0.5) is 5.95 Å². The molecule has 140 valence electrons. The summed E-state index contributed by atoms with van der Waals surface area (Å²) in [5.74, 6) is 1.70. The molecule has 26 heavy (non-hydrogen) atoms. The Labute approximate surface area is 157 Å². The van der Waals surface area contributed by atoms with Crippen molar-refractivity contribution in [1.29, 1.82) is 0 Å². The van der Waals surface area contributed by atoms with Crippen LogP contribution < -0.4 is 10.6 Å². The summed E-state index contributed by atoms with van der Waals surface area (Å²) in [5, 5.41) is 9.75. The van der Waals surface area contributed by atoms with Gasteiger partial charge in [-0.05, 0) is 23.6 Å². The number of carbonyl (C=O) groups excluding carboxylic acids is 1. The largest absolute Gasteiger partial charge is 0.378 e. The van der Waals surface area contributed by atoms with E-state index in [0.717, 1.165) is 49.5 Å².